The van der Waals surface area contributed by atoms with Crippen LogP contribution >= 0.6 is 0 Å². The maximum absolute atomic E-state index is 11.4. The Hall–Kier alpha value is -0.900. The molecule has 80 valence electrons. The normalized spacial score (nSPS) is 20.6. The molecular weight excluding hydrogens is 182 g/mol. The number of carbonyl (C=O) groups is 2. The number of piperidine rings is 1. The molecule has 1 aliphatic heterocycles. The number of hydrogen-bond acceptors (Lipinski definition) is 3. The summed E-state index contributed by atoms with van der Waals surface area (Å²) in [6, 6.07) is 0. The Morgan fingerprint density at radius 3 is 2.07 bits per heavy atom. The van der Waals surface area contributed by atoms with Crippen molar-refractivity contribution in [2.24, 2.45) is 5.41 Å². The van der Waals surface area contributed by atoms with Gasteiger partial charge in [-0.25, -0.2) is 0 Å². The Kier molecular flexibility index (Phi) is 3.26. The molecule has 1 amide bonds. The van der Waals surface area contributed by atoms with Crippen LogP contribution in [-0.2, 0) is 9.59 Å². The average molecular weight is 199 g/mol. The van der Waals surface area contributed by atoms with Gasteiger partial charge in [-0.3, -0.25) is 9.59 Å². The molecule has 1 fully saturated rings. The number of aliphatic hydroxyl groups excluding tert-OH is 1. The molecule has 1 heterocycles. The monoisotopic (exact) mass is 199 g/mol. The molecule has 0 aromatic rings. The Bertz CT molecular complexity index is 242. The van der Waals surface area contributed by atoms with E-state index in [4.69, 9.17) is 0 Å². The Morgan fingerprint density at radius 2 is 1.79 bits per heavy atom. The van der Waals surface area contributed by atoms with Crippen LogP contribution in [0.1, 0.15) is 26.7 Å². The number of likely N-dealkylation sites (tertiary alicyclic amines) is 1. The molecule has 0 bridgehead atoms. The van der Waals surface area contributed by atoms with Gasteiger partial charge in [-0.05, 0) is 19.8 Å². The standard InChI is InChI=1S/C10H17NO3/c1-8(13)10(7-12)3-5-11(6-4-10)9(2)14/h12H,3-7H2,1-2H3. The van der Waals surface area contributed by atoms with Gasteiger partial charge >= 0.3 is 0 Å². The average Bonchev–Trinajstić information content (AvgIpc) is 2.17. The van der Waals surface area contributed by atoms with Crippen molar-refractivity contribution in [3.63, 3.8) is 0 Å². The quantitative estimate of drug-likeness (QED) is 0.691. The van der Waals surface area contributed by atoms with Gasteiger partial charge in [0.2, 0.25) is 5.91 Å². The van der Waals surface area contributed by atoms with E-state index in [9.17, 15) is 14.7 Å². The van der Waals surface area contributed by atoms with Gasteiger partial charge in [-0.2, -0.15) is 0 Å². The molecule has 0 spiro atoms. The number of nitrogens with zero attached hydrogens (tertiary/aromatic N) is 1. The van der Waals surface area contributed by atoms with Crippen molar-refractivity contribution in [3.05, 3.63) is 0 Å². The SMILES string of the molecule is CC(=O)N1CCC(CO)(C(C)=O)CC1. The summed E-state index contributed by atoms with van der Waals surface area (Å²) >= 11 is 0. The molecule has 0 aromatic heterocycles. The minimum atomic E-state index is -0.591. The molecule has 0 unspecified atom stereocenters. The summed E-state index contributed by atoms with van der Waals surface area (Å²) < 4.78 is 0. The summed E-state index contributed by atoms with van der Waals surface area (Å²) in [5.41, 5.74) is -0.591. The molecule has 0 aromatic carbocycles. The summed E-state index contributed by atoms with van der Waals surface area (Å²) in [7, 11) is 0. The van der Waals surface area contributed by atoms with E-state index in [0.29, 0.717) is 25.9 Å². The lowest BCUT2D eigenvalue weighted by Gasteiger charge is -2.38. The predicted octanol–water partition coefficient (Wildman–Crippen LogP) is 0.196. The van der Waals surface area contributed by atoms with Gasteiger partial charge in [0.1, 0.15) is 5.78 Å². The second kappa shape index (κ2) is 4.09. The van der Waals surface area contributed by atoms with Crippen LogP contribution in [0.2, 0.25) is 0 Å². The first-order valence-corrected chi connectivity index (χ1v) is 4.89. The smallest absolute Gasteiger partial charge is 0.219 e. The van der Waals surface area contributed by atoms with E-state index >= 15 is 0 Å². The van der Waals surface area contributed by atoms with E-state index in [1.54, 1.807) is 4.90 Å². The van der Waals surface area contributed by atoms with Crippen LogP contribution in [0.15, 0.2) is 0 Å². The summed E-state index contributed by atoms with van der Waals surface area (Å²) in [5, 5.41) is 9.21. The van der Waals surface area contributed by atoms with Gasteiger partial charge in [0.25, 0.3) is 0 Å². The maximum atomic E-state index is 11.4. The maximum Gasteiger partial charge on any atom is 0.219 e. The van der Waals surface area contributed by atoms with E-state index < -0.39 is 5.41 Å². The molecule has 1 saturated heterocycles. The lowest BCUT2D eigenvalue weighted by atomic mass is 9.76. The van der Waals surface area contributed by atoms with E-state index in [0.717, 1.165) is 0 Å². The van der Waals surface area contributed by atoms with Crippen molar-refractivity contribution in [3.8, 4) is 0 Å². The Labute approximate surface area is 83.9 Å². The zero-order valence-corrected chi connectivity index (χ0v) is 8.75. The van der Waals surface area contributed by atoms with Crippen molar-refractivity contribution >= 4 is 11.7 Å². The second-order valence-corrected chi connectivity index (χ2v) is 4.00. The van der Waals surface area contributed by atoms with Gasteiger partial charge in [0.05, 0.1) is 12.0 Å². The van der Waals surface area contributed by atoms with Gasteiger partial charge in [0, 0.05) is 20.0 Å². The molecule has 14 heavy (non-hydrogen) atoms. The summed E-state index contributed by atoms with van der Waals surface area (Å²) in [6.07, 6.45) is 1.16. The first kappa shape index (κ1) is 11.2. The van der Waals surface area contributed by atoms with Crippen LogP contribution in [-0.4, -0.2) is 41.4 Å². The van der Waals surface area contributed by atoms with E-state index in [1.165, 1.54) is 13.8 Å². The number of ketones is 1. The summed E-state index contributed by atoms with van der Waals surface area (Å²) in [5.74, 6) is 0.0725. The molecule has 1 aliphatic rings. The number of amides is 1. The largest absolute Gasteiger partial charge is 0.395 e. The van der Waals surface area contributed by atoms with Crippen LogP contribution < -0.4 is 0 Å². The lowest BCUT2D eigenvalue weighted by molar-refractivity contribution is -0.139. The third-order valence-corrected chi connectivity index (χ3v) is 3.22. The van der Waals surface area contributed by atoms with Crippen LogP contribution in [0.4, 0.5) is 0 Å². The van der Waals surface area contributed by atoms with Gasteiger partial charge < -0.3 is 10.0 Å². The molecule has 0 saturated carbocycles. The van der Waals surface area contributed by atoms with E-state index in [1.807, 2.05) is 0 Å². The van der Waals surface area contributed by atoms with Crippen molar-refractivity contribution in [2.75, 3.05) is 19.7 Å². The third kappa shape index (κ3) is 1.95. The van der Waals surface area contributed by atoms with Crippen LogP contribution in [0.3, 0.4) is 0 Å². The molecule has 0 atom stereocenters. The predicted molar refractivity (Wildman–Crippen MR) is 51.7 cm³/mol. The first-order valence-electron chi connectivity index (χ1n) is 4.89. The van der Waals surface area contributed by atoms with Crippen LogP contribution in [0.5, 0.6) is 0 Å². The fraction of sp³-hybridized carbons (Fsp3) is 0.800. The van der Waals surface area contributed by atoms with Crippen molar-refractivity contribution in [2.45, 2.75) is 26.7 Å². The number of rotatable bonds is 2. The highest BCUT2D eigenvalue weighted by molar-refractivity contribution is 5.83. The minimum absolute atomic E-state index is 0.0307. The number of carbonyl (C=O) groups excluding carboxylic acids is 2. The number of hydrogen-bond donors (Lipinski definition) is 1. The fourth-order valence-corrected chi connectivity index (χ4v) is 1.87. The highest BCUT2D eigenvalue weighted by Crippen LogP contribution is 2.31. The van der Waals surface area contributed by atoms with E-state index in [-0.39, 0.29) is 18.3 Å². The first-order chi connectivity index (χ1) is 6.52. The van der Waals surface area contributed by atoms with Gasteiger partial charge in [0.15, 0.2) is 0 Å². The van der Waals surface area contributed by atoms with E-state index in [2.05, 4.69) is 0 Å². The van der Waals surface area contributed by atoms with Gasteiger partial charge in [-0.1, -0.05) is 0 Å². The minimum Gasteiger partial charge on any atom is -0.395 e. The topological polar surface area (TPSA) is 57.6 Å². The zero-order chi connectivity index (χ0) is 10.8. The Balaban J connectivity index is 2.64. The number of aliphatic hydroxyl groups is 1. The molecule has 0 radical (unpaired) electrons. The highest BCUT2D eigenvalue weighted by Gasteiger charge is 2.38. The molecule has 4 heteroatoms. The van der Waals surface area contributed by atoms with Crippen molar-refractivity contribution in [1.29, 1.82) is 0 Å². The highest BCUT2D eigenvalue weighted by atomic mass is 16.3. The molecule has 1 N–H and O–H groups in total. The lowest BCUT2D eigenvalue weighted by Crippen LogP contribution is -2.47. The Morgan fingerprint density at radius 1 is 1.29 bits per heavy atom. The summed E-state index contributed by atoms with van der Waals surface area (Å²) in [6.45, 7) is 4.10. The van der Waals surface area contributed by atoms with Crippen molar-refractivity contribution < 1.29 is 14.7 Å². The molecule has 0 aliphatic carbocycles. The number of Topliss-reactive ketones (excluding diaryl/α,β-unsaturated/α-hetero) is 1. The van der Waals surface area contributed by atoms with Gasteiger partial charge in [-0.15, -0.1) is 0 Å². The summed E-state index contributed by atoms with van der Waals surface area (Å²) in [4.78, 5) is 24.1. The third-order valence-electron chi connectivity index (χ3n) is 3.22. The molecule has 4 nitrogen and oxygen atoms in total. The fourth-order valence-electron chi connectivity index (χ4n) is 1.87. The molecule has 1 rings (SSSR count). The second-order valence-electron chi connectivity index (χ2n) is 4.00. The van der Waals surface area contributed by atoms with Crippen LogP contribution in [0.25, 0.3) is 0 Å². The molecular formula is C10H17NO3. The zero-order valence-electron chi connectivity index (χ0n) is 8.75. The van der Waals surface area contributed by atoms with Crippen molar-refractivity contribution in [1.82, 2.24) is 4.90 Å². The van der Waals surface area contributed by atoms with Crippen LogP contribution in [0, 0.1) is 5.41 Å².